The molecule has 0 amide bonds. The Kier molecular flexibility index (Phi) is 4.67. The molecule has 5 rings (SSSR count). The van der Waals surface area contributed by atoms with E-state index in [1.54, 1.807) is 10.7 Å². The van der Waals surface area contributed by atoms with Crippen LogP contribution in [0.3, 0.4) is 0 Å². The third-order valence-corrected chi connectivity index (χ3v) is 5.09. The van der Waals surface area contributed by atoms with Crippen molar-refractivity contribution in [2.24, 2.45) is 0 Å². The van der Waals surface area contributed by atoms with Crippen LogP contribution in [-0.4, -0.2) is 64.2 Å². The monoisotopic (exact) mass is 393 g/mol. The number of fused-ring (bicyclic) bond motifs is 2. The van der Waals surface area contributed by atoms with E-state index >= 15 is 0 Å². The molecular formula is C21H23N5O3. The number of para-hydroxylation sites is 1. The van der Waals surface area contributed by atoms with Crippen molar-refractivity contribution in [2.75, 3.05) is 33.5 Å². The van der Waals surface area contributed by atoms with E-state index in [4.69, 9.17) is 13.9 Å². The zero-order valence-electron chi connectivity index (χ0n) is 16.5. The first-order valence-electron chi connectivity index (χ1n) is 9.71. The lowest BCUT2D eigenvalue weighted by molar-refractivity contribution is -0.153. The minimum absolute atomic E-state index is 0.0535. The van der Waals surface area contributed by atoms with E-state index < -0.39 is 0 Å². The smallest absolute Gasteiger partial charge is 0.232 e. The number of hydrogen-bond acceptors (Lipinski definition) is 7. The van der Waals surface area contributed by atoms with Crippen molar-refractivity contribution in [3.8, 4) is 17.3 Å². The molecule has 1 saturated heterocycles. The van der Waals surface area contributed by atoms with Gasteiger partial charge in [-0.1, -0.05) is 18.2 Å². The highest BCUT2D eigenvalue weighted by molar-refractivity contribution is 5.82. The molecule has 1 fully saturated rings. The summed E-state index contributed by atoms with van der Waals surface area (Å²) >= 11 is 0. The second kappa shape index (κ2) is 7.47. The third-order valence-electron chi connectivity index (χ3n) is 5.09. The topological polar surface area (TPSA) is 68.3 Å². The number of furan rings is 1. The van der Waals surface area contributed by atoms with Crippen LogP contribution in [-0.2, 0) is 4.74 Å². The summed E-state index contributed by atoms with van der Waals surface area (Å²) in [5.74, 6) is 1.27. The molecule has 4 heterocycles. The van der Waals surface area contributed by atoms with Crippen LogP contribution in [0.2, 0.25) is 0 Å². The lowest BCUT2D eigenvalue weighted by Crippen LogP contribution is -2.50. The van der Waals surface area contributed by atoms with Gasteiger partial charge in [0.25, 0.3) is 0 Å². The molecule has 0 saturated carbocycles. The van der Waals surface area contributed by atoms with Gasteiger partial charge in [-0.2, -0.15) is 0 Å². The molecule has 1 atom stereocenters. The molecule has 0 radical (unpaired) electrons. The number of aromatic nitrogens is 3. The van der Waals surface area contributed by atoms with Gasteiger partial charge in [-0.3, -0.25) is 0 Å². The van der Waals surface area contributed by atoms with E-state index in [9.17, 15) is 0 Å². The molecule has 0 N–H and O–H groups in total. The number of ether oxygens (including phenoxy) is 2. The van der Waals surface area contributed by atoms with Gasteiger partial charge in [-0.15, -0.1) is 5.10 Å². The number of benzene rings is 1. The fraction of sp³-hybridized carbons (Fsp3) is 0.333. The SMILES string of the molecule is CC(CN1COCCN1C)Oc1ccc2ncc(-c3cc4ccccc4o3)n2n1. The summed E-state index contributed by atoms with van der Waals surface area (Å²) in [6.45, 7) is 4.96. The molecule has 1 aromatic carbocycles. The largest absolute Gasteiger partial charge is 0.472 e. The second-order valence-electron chi connectivity index (χ2n) is 7.27. The number of imidazole rings is 1. The van der Waals surface area contributed by atoms with Crippen molar-refractivity contribution in [3.05, 3.63) is 48.7 Å². The lowest BCUT2D eigenvalue weighted by atomic mass is 10.2. The maximum atomic E-state index is 6.08. The van der Waals surface area contributed by atoms with Gasteiger partial charge in [-0.25, -0.2) is 19.5 Å². The summed E-state index contributed by atoms with van der Waals surface area (Å²) in [5.41, 5.74) is 2.37. The van der Waals surface area contributed by atoms with Crippen molar-refractivity contribution in [3.63, 3.8) is 0 Å². The van der Waals surface area contributed by atoms with Crippen molar-refractivity contribution < 1.29 is 13.9 Å². The molecule has 1 aliphatic heterocycles. The molecule has 1 aliphatic rings. The van der Waals surface area contributed by atoms with Gasteiger partial charge in [0, 0.05) is 25.0 Å². The maximum absolute atomic E-state index is 6.08. The van der Waals surface area contributed by atoms with E-state index in [1.807, 2.05) is 49.4 Å². The molecule has 0 aliphatic carbocycles. The molecule has 150 valence electrons. The average molecular weight is 393 g/mol. The fourth-order valence-electron chi connectivity index (χ4n) is 3.53. The summed E-state index contributed by atoms with van der Waals surface area (Å²) in [4.78, 5) is 4.44. The predicted molar refractivity (Wildman–Crippen MR) is 108 cm³/mol. The summed E-state index contributed by atoms with van der Waals surface area (Å²) in [5, 5.41) is 9.98. The lowest BCUT2D eigenvalue weighted by Gasteiger charge is -2.36. The van der Waals surface area contributed by atoms with Crippen molar-refractivity contribution in [2.45, 2.75) is 13.0 Å². The van der Waals surface area contributed by atoms with Crippen LogP contribution < -0.4 is 4.74 Å². The van der Waals surface area contributed by atoms with Gasteiger partial charge in [0.15, 0.2) is 11.4 Å². The molecule has 8 heteroatoms. The number of likely N-dealkylation sites (N-methyl/N-ethyl adjacent to an activating group) is 1. The third kappa shape index (κ3) is 3.57. The van der Waals surface area contributed by atoms with Crippen molar-refractivity contribution in [1.29, 1.82) is 0 Å². The Morgan fingerprint density at radius 3 is 2.97 bits per heavy atom. The van der Waals surface area contributed by atoms with Crippen LogP contribution in [0, 0.1) is 0 Å². The van der Waals surface area contributed by atoms with Crippen LogP contribution >= 0.6 is 0 Å². The second-order valence-corrected chi connectivity index (χ2v) is 7.27. The minimum Gasteiger partial charge on any atom is -0.472 e. The summed E-state index contributed by atoms with van der Waals surface area (Å²) in [6, 6.07) is 13.7. The molecule has 3 aromatic heterocycles. The van der Waals surface area contributed by atoms with Crippen molar-refractivity contribution in [1.82, 2.24) is 24.6 Å². The van der Waals surface area contributed by atoms with Crippen LogP contribution in [0.4, 0.5) is 0 Å². The first kappa shape index (κ1) is 18.1. The Morgan fingerprint density at radius 1 is 1.21 bits per heavy atom. The maximum Gasteiger partial charge on any atom is 0.232 e. The number of hydrogen-bond donors (Lipinski definition) is 0. The van der Waals surface area contributed by atoms with E-state index in [1.165, 1.54) is 0 Å². The number of hydrazine groups is 1. The normalized spacial score (nSPS) is 17.2. The Hall–Kier alpha value is -2.94. The number of nitrogens with zero attached hydrogens (tertiary/aromatic N) is 5. The van der Waals surface area contributed by atoms with Gasteiger partial charge in [0.2, 0.25) is 5.88 Å². The van der Waals surface area contributed by atoms with Gasteiger partial charge >= 0.3 is 0 Å². The van der Waals surface area contributed by atoms with E-state index in [-0.39, 0.29) is 6.10 Å². The highest BCUT2D eigenvalue weighted by atomic mass is 16.5. The molecular weight excluding hydrogens is 370 g/mol. The Labute approximate surface area is 168 Å². The summed E-state index contributed by atoms with van der Waals surface area (Å²) in [7, 11) is 2.06. The first-order valence-corrected chi connectivity index (χ1v) is 9.71. The zero-order valence-corrected chi connectivity index (χ0v) is 16.5. The standard InChI is InChI=1S/C21H23N5O3/c1-15(13-25-14-27-10-9-24(25)2)28-21-8-7-20-22-12-17(26(20)23-21)19-11-16-5-3-4-6-18(16)29-19/h3-8,11-12,15H,9-10,13-14H2,1-2H3. The van der Waals surface area contributed by atoms with Crippen LogP contribution in [0.5, 0.6) is 5.88 Å². The van der Waals surface area contributed by atoms with Crippen LogP contribution in [0.15, 0.2) is 53.1 Å². The van der Waals surface area contributed by atoms with Gasteiger partial charge < -0.3 is 13.9 Å². The fourth-order valence-corrected chi connectivity index (χ4v) is 3.53. The first-order chi connectivity index (χ1) is 14.2. The molecule has 8 nitrogen and oxygen atoms in total. The van der Waals surface area contributed by atoms with E-state index in [0.717, 1.165) is 47.8 Å². The van der Waals surface area contributed by atoms with E-state index in [2.05, 4.69) is 27.1 Å². The Bertz CT molecular complexity index is 1100. The van der Waals surface area contributed by atoms with Gasteiger partial charge in [0.1, 0.15) is 24.1 Å². The van der Waals surface area contributed by atoms with Gasteiger partial charge in [-0.05, 0) is 25.1 Å². The highest BCUT2D eigenvalue weighted by Gasteiger charge is 2.20. The predicted octanol–water partition coefficient (Wildman–Crippen LogP) is 3.05. The number of rotatable bonds is 5. The molecule has 0 spiro atoms. The average Bonchev–Trinajstić information content (AvgIpc) is 3.33. The van der Waals surface area contributed by atoms with Crippen LogP contribution in [0.1, 0.15) is 6.92 Å². The Balaban J connectivity index is 1.39. The molecule has 29 heavy (non-hydrogen) atoms. The van der Waals surface area contributed by atoms with E-state index in [0.29, 0.717) is 12.6 Å². The quantitative estimate of drug-likeness (QED) is 0.516. The summed E-state index contributed by atoms with van der Waals surface area (Å²) < 4.78 is 19.4. The minimum atomic E-state index is -0.0535. The summed E-state index contributed by atoms with van der Waals surface area (Å²) in [6.07, 6.45) is 1.72. The molecule has 0 bridgehead atoms. The zero-order chi connectivity index (χ0) is 19.8. The van der Waals surface area contributed by atoms with Crippen molar-refractivity contribution >= 4 is 16.6 Å². The highest BCUT2D eigenvalue weighted by Crippen LogP contribution is 2.28. The van der Waals surface area contributed by atoms with Crippen LogP contribution in [0.25, 0.3) is 28.1 Å². The Morgan fingerprint density at radius 2 is 2.10 bits per heavy atom. The molecule has 1 unspecified atom stereocenters. The van der Waals surface area contributed by atoms with Gasteiger partial charge in [0.05, 0.1) is 19.3 Å². The molecule has 4 aromatic rings.